The minimum atomic E-state index is -4.40. The van der Waals surface area contributed by atoms with Crippen molar-refractivity contribution in [2.24, 2.45) is 0 Å². The van der Waals surface area contributed by atoms with Crippen LogP contribution in [0.1, 0.15) is 34.1 Å². The molecule has 0 saturated heterocycles. The van der Waals surface area contributed by atoms with E-state index in [2.05, 4.69) is 0 Å². The molecule has 0 spiro atoms. The minimum absolute atomic E-state index is 0.255. The molecule has 0 aliphatic heterocycles. The third-order valence-corrected chi connectivity index (χ3v) is 5.25. The molecule has 0 heterocycles. The Labute approximate surface area is 148 Å². The van der Waals surface area contributed by atoms with Crippen LogP contribution in [0.5, 0.6) is 5.75 Å². The topological polar surface area (TPSA) is 9.23 Å². The Morgan fingerprint density at radius 3 is 2.08 bits per heavy atom. The molecule has 1 aliphatic carbocycles. The first-order valence-corrected chi connectivity index (χ1v) is 8.10. The standard InChI is InChI=1S/C18H15Cl2F3O/c1-10-7-12(9-13(8-10)18(21,22)23)16-15(17(16,19)20)11-3-5-14(24-2)6-4-11/h3-9,15-16H,1-2H3. The highest BCUT2D eigenvalue weighted by Gasteiger charge is 2.64. The lowest BCUT2D eigenvalue weighted by Gasteiger charge is -2.11. The number of halogens is 5. The van der Waals surface area contributed by atoms with Gasteiger partial charge in [-0.1, -0.05) is 23.8 Å². The van der Waals surface area contributed by atoms with E-state index in [1.54, 1.807) is 32.2 Å². The lowest BCUT2D eigenvalue weighted by Crippen LogP contribution is -2.06. The normalized spacial score (nSPS) is 22.3. The van der Waals surface area contributed by atoms with Gasteiger partial charge in [0.25, 0.3) is 0 Å². The van der Waals surface area contributed by atoms with Crippen molar-refractivity contribution in [3.63, 3.8) is 0 Å². The Kier molecular flexibility index (Phi) is 4.25. The summed E-state index contributed by atoms with van der Waals surface area (Å²) in [6.45, 7) is 1.63. The summed E-state index contributed by atoms with van der Waals surface area (Å²) < 4.78 is 43.1. The lowest BCUT2D eigenvalue weighted by atomic mass is 10.00. The number of benzene rings is 2. The van der Waals surface area contributed by atoms with E-state index >= 15 is 0 Å². The summed E-state index contributed by atoms with van der Waals surface area (Å²) in [7, 11) is 1.56. The van der Waals surface area contributed by atoms with E-state index in [4.69, 9.17) is 27.9 Å². The number of alkyl halides is 5. The van der Waals surface area contributed by atoms with Crippen LogP contribution in [-0.2, 0) is 6.18 Å². The first-order chi connectivity index (χ1) is 11.1. The smallest absolute Gasteiger partial charge is 0.416 e. The molecule has 0 amide bonds. The monoisotopic (exact) mass is 374 g/mol. The average molecular weight is 375 g/mol. The maximum absolute atomic E-state index is 13.0. The number of hydrogen-bond acceptors (Lipinski definition) is 1. The molecule has 2 aromatic rings. The lowest BCUT2D eigenvalue weighted by molar-refractivity contribution is -0.137. The molecule has 0 N–H and O–H groups in total. The number of rotatable bonds is 3. The highest BCUT2D eigenvalue weighted by molar-refractivity contribution is 6.52. The van der Waals surface area contributed by atoms with Crippen molar-refractivity contribution in [1.82, 2.24) is 0 Å². The molecule has 3 rings (SSSR count). The third kappa shape index (κ3) is 3.09. The fourth-order valence-corrected chi connectivity index (χ4v) is 4.01. The van der Waals surface area contributed by atoms with Crippen molar-refractivity contribution in [2.75, 3.05) is 7.11 Å². The molecular weight excluding hydrogens is 360 g/mol. The quantitative estimate of drug-likeness (QED) is 0.591. The van der Waals surface area contributed by atoms with E-state index in [0.717, 1.165) is 17.7 Å². The van der Waals surface area contributed by atoms with Gasteiger partial charge in [0.2, 0.25) is 0 Å². The Morgan fingerprint density at radius 2 is 1.54 bits per heavy atom. The first-order valence-electron chi connectivity index (χ1n) is 7.35. The maximum atomic E-state index is 13.0. The van der Waals surface area contributed by atoms with Gasteiger partial charge in [-0.15, -0.1) is 23.2 Å². The molecule has 1 aliphatic rings. The maximum Gasteiger partial charge on any atom is 0.416 e. The summed E-state index contributed by atoms with van der Waals surface area (Å²) >= 11 is 12.8. The van der Waals surface area contributed by atoms with Gasteiger partial charge in [-0.3, -0.25) is 0 Å². The van der Waals surface area contributed by atoms with Gasteiger partial charge < -0.3 is 4.74 Å². The zero-order valence-electron chi connectivity index (χ0n) is 13.0. The van der Waals surface area contributed by atoms with Crippen molar-refractivity contribution >= 4 is 23.2 Å². The van der Waals surface area contributed by atoms with E-state index in [1.807, 2.05) is 12.1 Å². The molecule has 2 unspecified atom stereocenters. The molecule has 0 radical (unpaired) electrons. The predicted octanol–water partition coefficient (Wildman–Crippen LogP) is 6.08. The van der Waals surface area contributed by atoms with Crippen LogP contribution in [0.25, 0.3) is 0 Å². The SMILES string of the molecule is COc1ccc(C2C(c3cc(C)cc(C(F)(F)F)c3)C2(Cl)Cl)cc1. The zero-order chi connectivity index (χ0) is 17.7. The van der Waals surface area contributed by atoms with Gasteiger partial charge in [-0.2, -0.15) is 13.2 Å². The second-order valence-corrected chi connectivity index (χ2v) is 7.48. The zero-order valence-corrected chi connectivity index (χ0v) is 14.5. The summed E-state index contributed by atoms with van der Waals surface area (Å²) in [6.07, 6.45) is -4.40. The van der Waals surface area contributed by atoms with Crippen molar-refractivity contribution in [3.8, 4) is 5.75 Å². The average Bonchev–Trinajstić information content (AvgIpc) is 3.08. The van der Waals surface area contributed by atoms with Gasteiger partial charge >= 0.3 is 6.18 Å². The molecular formula is C18H15Cl2F3O. The molecule has 2 atom stereocenters. The fraction of sp³-hybridized carbons (Fsp3) is 0.333. The van der Waals surface area contributed by atoms with Gasteiger partial charge in [-0.25, -0.2) is 0 Å². The van der Waals surface area contributed by atoms with Crippen molar-refractivity contribution in [1.29, 1.82) is 0 Å². The Morgan fingerprint density at radius 1 is 0.958 bits per heavy atom. The molecule has 24 heavy (non-hydrogen) atoms. The number of methoxy groups -OCH3 is 1. The molecule has 6 heteroatoms. The number of ether oxygens (including phenoxy) is 1. The molecule has 1 nitrogen and oxygen atoms in total. The van der Waals surface area contributed by atoms with Crippen LogP contribution >= 0.6 is 23.2 Å². The highest BCUT2D eigenvalue weighted by Crippen LogP contribution is 2.70. The van der Waals surface area contributed by atoms with Crippen molar-refractivity contribution in [3.05, 3.63) is 64.7 Å². The van der Waals surface area contributed by atoms with E-state index in [9.17, 15) is 13.2 Å². The van der Waals surface area contributed by atoms with Gasteiger partial charge in [-0.05, 0) is 42.3 Å². The summed E-state index contributed by atoms with van der Waals surface area (Å²) in [5.74, 6) is 0.0606. The number of aryl methyl sites for hydroxylation is 1. The van der Waals surface area contributed by atoms with Crippen LogP contribution in [0, 0.1) is 6.92 Å². The van der Waals surface area contributed by atoms with Crippen LogP contribution in [0.15, 0.2) is 42.5 Å². The molecule has 1 fully saturated rings. The molecule has 2 aromatic carbocycles. The van der Waals surface area contributed by atoms with Gasteiger partial charge in [0.15, 0.2) is 0 Å². The van der Waals surface area contributed by atoms with Crippen LogP contribution in [-0.4, -0.2) is 11.4 Å². The molecule has 0 aromatic heterocycles. The Balaban J connectivity index is 1.96. The fourth-order valence-electron chi connectivity index (χ4n) is 3.12. The first kappa shape index (κ1) is 17.4. The van der Waals surface area contributed by atoms with Crippen molar-refractivity contribution < 1.29 is 17.9 Å². The second-order valence-electron chi connectivity index (χ2n) is 6.03. The summed E-state index contributed by atoms with van der Waals surface area (Å²) in [5.41, 5.74) is 1.24. The molecule has 0 bridgehead atoms. The summed E-state index contributed by atoms with van der Waals surface area (Å²) in [5, 5.41) is 0. The predicted molar refractivity (Wildman–Crippen MR) is 89.1 cm³/mol. The Bertz CT molecular complexity index is 754. The minimum Gasteiger partial charge on any atom is -0.497 e. The summed E-state index contributed by atoms with van der Waals surface area (Å²) in [4.78, 5) is 0. The largest absolute Gasteiger partial charge is 0.497 e. The van der Waals surface area contributed by atoms with Crippen LogP contribution in [0.4, 0.5) is 13.2 Å². The van der Waals surface area contributed by atoms with E-state index in [-0.39, 0.29) is 11.8 Å². The van der Waals surface area contributed by atoms with E-state index < -0.39 is 16.1 Å². The van der Waals surface area contributed by atoms with Gasteiger partial charge in [0.1, 0.15) is 10.1 Å². The second kappa shape index (κ2) is 5.85. The van der Waals surface area contributed by atoms with E-state index in [0.29, 0.717) is 16.9 Å². The highest BCUT2D eigenvalue weighted by atomic mass is 35.5. The molecule has 1 saturated carbocycles. The number of hydrogen-bond donors (Lipinski definition) is 0. The molecule has 128 valence electrons. The van der Waals surface area contributed by atoms with Gasteiger partial charge in [0.05, 0.1) is 12.7 Å². The van der Waals surface area contributed by atoms with Crippen molar-refractivity contribution in [2.45, 2.75) is 29.3 Å². The summed E-state index contributed by atoms with van der Waals surface area (Å²) in [6, 6.07) is 11.2. The third-order valence-electron chi connectivity index (χ3n) is 4.31. The van der Waals surface area contributed by atoms with E-state index in [1.165, 1.54) is 0 Å². The van der Waals surface area contributed by atoms with Crippen LogP contribution in [0.3, 0.4) is 0 Å². The Hall–Kier alpha value is -1.39. The van der Waals surface area contributed by atoms with Crippen LogP contribution in [0.2, 0.25) is 0 Å². The van der Waals surface area contributed by atoms with Crippen LogP contribution < -0.4 is 4.74 Å². The van der Waals surface area contributed by atoms with Gasteiger partial charge in [0, 0.05) is 11.8 Å².